The van der Waals surface area contributed by atoms with E-state index < -0.39 is 19.0 Å². The molecule has 0 unspecified atom stereocenters. The third-order valence-corrected chi connectivity index (χ3v) is 6.01. The third-order valence-electron chi connectivity index (χ3n) is 1.78. The average Bonchev–Trinajstić information content (AvgIpc) is 2.16. The van der Waals surface area contributed by atoms with E-state index in [-0.39, 0.29) is 5.75 Å². The van der Waals surface area contributed by atoms with Gasteiger partial charge in [-0.15, -0.1) is 0 Å². The van der Waals surface area contributed by atoms with Crippen LogP contribution in [0.3, 0.4) is 0 Å². The van der Waals surface area contributed by atoms with Crippen LogP contribution in [0.5, 0.6) is 0 Å². The van der Waals surface area contributed by atoms with Crippen molar-refractivity contribution in [3.05, 3.63) is 29.3 Å². The number of nitrogens with zero attached hydrogens (tertiary/aromatic N) is 1. The van der Waals surface area contributed by atoms with E-state index in [1.54, 1.807) is 6.92 Å². The van der Waals surface area contributed by atoms with Crippen molar-refractivity contribution in [3.8, 4) is 0 Å². The number of hydrogen-bond acceptors (Lipinski definition) is 3. The van der Waals surface area contributed by atoms with Gasteiger partial charge in [-0.3, -0.25) is 0 Å². The van der Waals surface area contributed by atoms with Crippen LogP contribution < -0.4 is 0 Å². The standard InChI is InChI=1S/C8H9Cl2NO3S2/c1-2-15(12,11-16(10,13)14)8-5-3-7(9)4-6-8/h3-6H,2H2,1H3/t15-/m0/s1. The molecule has 8 heteroatoms. The Labute approximate surface area is 104 Å². The Bertz CT molecular complexity index is 586. The minimum Gasteiger partial charge on any atom is -0.244 e. The van der Waals surface area contributed by atoms with Crippen molar-refractivity contribution < 1.29 is 12.6 Å². The largest absolute Gasteiger partial charge is 0.347 e. The van der Waals surface area contributed by atoms with Crippen LogP contribution in [0, 0.1) is 0 Å². The maximum Gasteiger partial charge on any atom is 0.347 e. The molecule has 1 aromatic carbocycles. The fourth-order valence-corrected chi connectivity index (χ4v) is 4.81. The van der Waals surface area contributed by atoms with Crippen molar-refractivity contribution >= 4 is 41.2 Å². The Morgan fingerprint density at radius 1 is 1.19 bits per heavy atom. The number of benzene rings is 1. The minimum atomic E-state index is -4.16. The normalized spacial score (nSPS) is 15.4. The van der Waals surface area contributed by atoms with Gasteiger partial charge in [-0.25, -0.2) is 4.21 Å². The van der Waals surface area contributed by atoms with Gasteiger partial charge in [-0.1, -0.05) is 22.3 Å². The van der Waals surface area contributed by atoms with Crippen molar-refractivity contribution in [2.45, 2.75) is 11.8 Å². The monoisotopic (exact) mass is 301 g/mol. The van der Waals surface area contributed by atoms with Crippen LogP contribution in [-0.2, 0) is 19.0 Å². The van der Waals surface area contributed by atoms with Crippen LogP contribution in [0.2, 0.25) is 5.02 Å². The molecule has 0 N–H and O–H groups in total. The molecule has 0 radical (unpaired) electrons. The highest BCUT2D eigenvalue weighted by Crippen LogP contribution is 2.19. The fraction of sp³-hybridized carbons (Fsp3) is 0.250. The molecule has 1 aromatic rings. The Morgan fingerprint density at radius 3 is 2.06 bits per heavy atom. The van der Waals surface area contributed by atoms with Crippen molar-refractivity contribution in [3.63, 3.8) is 0 Å². The second-order valence-corrected chi connectivity index (χ2v) is 8.23. The van der Waals surface area contributed by atoms with Gasteiger partial charge < -0.3 is 0 Å². The summed E-state index contributed by atoms with van der Waals surface area (Å²) in [4.78, 5) is 0.295. The van der Waals surface area contributed by atoms with E-state index in [1.807, 2.05) is 0 Å². The van der Waals surface area contributed by atoms with Gasteiger partial charge in [0.05, 0.1) is 9.73 Å². The molecule has 0 aromatic heterocycles. The summed E-state index contributed by atoms with van der Waals surface area (Å²) in [6.07, 6.45) is 0. The lowest BCUT2D eigenvalue weighted by Gasteiger charge is -2.06. The molecule has 0 spiro atoms. The molecular weight excluding hydrogens is 293 g/mol. The molecule has 0 heterocycles. The van der Waals surface area contributed by atoms with Crippen molar-refractivity contribution in [1.82, 2.24) is 0 Å². The highest BCUT2D eigenvalue weighted by atomic mass is 35.7. The van der Waals surface area contributed by atoms with E-state index in [0.29, 0.717) is 9.92 Å². The zero-order valence-electron chi connectivity index (χ0n) is 8.26. The molecule has 0 fully saturated rings. The topological polar surface area (TPSA) is 63.6 Å². The fourth-order valence-electron chi connectivity index (χ4n) is 1.05. The summed E-state index contributed by atoms with van der Waals surface area (Å²) in [6, 6.07) is 5.98. The Morgan fingerprint density at radius 2 is 1.69 bits per heavy atom. The highest BCUT2D eigenvalue weighted by molar-refractivity contribution is 8.17. The third kappa shape index (κ3) is 3.62. The molecule has 0 bridgehead atoms. The zero-order valence-corrected chi connectivity index (χ0v) is 11.4. The molecule has 0 amide bonds. The molecule has 0 saturated carbocycles. The van der Waals surface area contributed by atoms with Crippen molar-refractivity contribution in [2.24, 2.45) is 3.77 Å². The van der Waals surface area contributed by atoms with Gasteiger partial charge in [-0.2, -0.15) is 8.42 Å². The first-order valence-corrected chi connectivity index (χ1v) is 8.56. The van der Waals surface area contributed by atoms with E-state index in [0.717, 1.165) is 0 Å². The quantitative estimate of drug-likeness (QED) is 0.806. The zero-order chi connectivity index (χ0) is 12.4. The van der Waals surface area contributed by atoms with Crippen LogP contribution in [0.15, 0.2) is 32.9 Å². The van der Waals surface area contributed by atoms with E-state index in [2.05, 4.69) is 3.77 Å². The number of rotatable bonds is 3. The summed E-state index contributed by atoms with van der Waals surface area (Å²) in [6.45, 7) is 1.57. The van der Waals surface area contributed by atoms with Gasteiger partial charge in [0.2, 0.25) is 0 Å². The predicted octanol–water partition coefficient (Wildman–Crippen LogP) is 2.67. The lowest BCUT2D eigenvalue weighted by Crippen LogP contribution is -2.05. The second kappa shape index (κ2) is 4.91. The van der Waals surface area contributed by atoms with E-state index in [9.17, 15) is 12.6 Å². The number of hydrogen-bond donors (Lipinski definition) is 0. The molecule has 0 aliphatic heterocycles. The van der Waals surface area contributed by atoms with Gasteiger partial charge >= 0.3 is 9.24 Å². The summed E-state index contributed by atoms with van der Waals surface area (Å²) in [5, 5.41) is 0.468. The maximum atomic E-state index is 12.2. The minimum absolute atomic E-state index is 0.0561. The van der Waals surface area contributed by atoms with Gasteiger partial charge in [0.15, 0.2) is 0 Å². The van der Waals surface area contributed by atoms with Crippen LogP contribution in [0.1, 0.15) is 6.92 Å². The van der Waals surface area contributed by atoms with Crippen LogP contribution in [0.4, 0.5) is 0 Å². The summed E-state index contributed by atoms with van der Waals surface area (Å²) < 4.78 is 37.1. The summed E-state index contributed by atoms with van der Waals surface area (Å²) in [5.41, 5.74) is 0. The smallest absolute Gasteiger partial charge is 0.244 e. The SMILES string of the molecule is CC[S@@](=O)(=NS(=O)(=O)Cl)c1ccc(Cl)cc1. The molecule has 16 heavy (non-hydrogen) atoms. The lowest BCUT2D eigenvalue weighted by molar-refractivity contribution is 0.611. The Balaban J connectivity index is 3.43. The average molecular weight is 302 g/mol. The molecule has 0 aliphatic rings. The van der Waals surface area contributed by atoms with Crippen LogP contribution in [0.25, 0.3) is 0 Å². The molecule has 0 saturated heterocycles. The first-order valence-electron chi connectivity index (χ1n) is 4.23. The van der Waals surface area contributed by atoms with E-state index in [1.165, 1.54) is 24.3 Å². The molecular formula is C8H9Cl2NO3S2. The second-order valence-electron chi connectivity index (χ2n) is 2.87. The summed E-state index contributed by atoms with van der Waals surface area (Å²) in [5.74, 6) is 0.0561. The van der Waals surface area contributed by atoms with Gasteiger partial charge in [0.1, 0.15) is 0 Å². The van der Waals surface area contributed by atoms with Crippen LogP contribution in [-0.4, -0.2) is 18.4 Å². The highest BCUT2D eigenvalue weighted by Gasteiger charge is 2.14. The molecule has 0 aliphatic carbocycles. The molecule has 4 nitrogen and oxygen atoms in total. The van der Waals surface area contributed by atoms with Gasteiger partial charge in [0, 0.05) is 26.4 Å². The van der Waals surface area contributed by atoms with E-state index >= 15 is 0 Å². The molecule has 1 rings (SSSR count). The predicted molar refractivity (Wildman–Crippen MR) is 65.6 cm³/mol. The van der Waals surface area contributed by atoms with Crippen molar-refractivity contribution in [2.75, 3.05) is 5.75 Å². The Kier molecular flexibility index (Phi) is 4.23. The van der Waals surface area contributed by atoms with Gasteiger partial charge in [-0.05, 0) is 24.3 Å². The molecule has 90 valence electrons. The maximum absolute atomic E-state index is 12.2. The van der Waals surface area contributed by atoms with E-state index in [4.69, 9.17) is 22.3 Å². The number of halogens is 2. The summed E-state index contributed by atoms with van der Waals surface area (Å²) >= 11 is 5.67. The lowest BCUT2D eigenvalue weighted by atomic mass is 10.4. The first kappa shape index (κ1) is 13.8. The van der Waals surface area contributed by atoms with Crippen LogP contribution >= 0.6 is 22.3 Å². The van der Waals surface area contributed by atoms with Crippen molar-refractivity contribution in [1.29, 1.82) is 0 Å². The molecule has 1 atom stereocenters. The van der Waals surface area contributed by atoms with Gasteiger partial charge in [0.25, 0.3) is 0 Å². The summed E-state index contributed by atoms with van der Waals surface area (Å²) in [7, 11) is -2.22. The Hall–Kier alpha value is -0.300. The first-order chi connectivity index (χ1) is 7.27.